The highest BCUT2D eigenvalue weighted by molar-refractivity contribution is 7.09. The van der Waals surface area contributed by atoms with E-state index in [1.54, 1.807) is 11.3 Å². The number of thiazole rings is 1. The number of carbonyl (C=O) groups is 2. The van der Waals surface area contributed by atoms with Gasteiger partial charge in [-0.05, 0) is 19.8 Å². The van der Waals surface area contributed by atoms with Crippen molar-refractivity contribution in [2.24, 2.45) is 5.92 Å². The molecule has 108 valence electrons. The Morgan fingerprint density at radius 2 is 2.35 bits per heavy atom. The van der Waals surface area contributed by atoms with Crippen LogP contribution in [-0.4, -0.2) is 40.8 Å². The summed E-state index contributed by atoms with van der Waals surface area (Å²) in [5.74, 6) is 0.000257. The van der Waals surface area contributed by atoms with Crippen molar-refractivity contribution < 1.29 is 9.59 Å². The van der Waals surface area contributed by atoms with Crippen molar-refractivity contribution in [2.45, 2.75) is 38.6 Å². The number of amides is 2. The first-order valence-corrected chi connectivity index (χ1v) is 7.99. The van der Waals surface area contributed by atoms with Gasteiger partial charge in [-0.15, -0.1) is 11.3 Å². The topological polar surface area (TPSA) is 62.3 Å². The number of nitrogens with one attached hydrogen (secondary N) is 1. The van der Waals surface area contributed by atoms with Crippen molar-refractivity contribution in [3.8, 4) is 0 Å². The lowest BCUT2D eigenvalue weighted by Gasteiger charge is -2.15. The molecule has 0 aromatic carbocycles. The summed E-state index contributed by atoms with van der Waals surface area (Å²) in [7, 11) is 0. The van der Waals surface area contributed by atoms with Crippen molar-refractivity contribution >= 4 is 23.2 Å². The fourth-order valence-corrected chi connectivity index (χ4v) is 3.44. The Morgan fingerprint density at radius 3 is 3.00 bits per heavy atom. The smallest absolute Gasteiger partial charge is 0.225 e. The molecule has 0 radical (unpaired) electrons. The first-order valence-electron chi connectivity index (χ1n) is 7.11. The van der Waals surface area contributed by atoms with Crippen LogP contribution in [-0.2, 0) is 16.0 Å². The number of carbonyl (C=O) groups excluding carboxylic acids is 2. The van der Waals surface area contributed by atoms with Crippen LogP contribution in [0.3, 0.4) is 0 Å². The van der Waals surface area contributed by atoms with Gasteiger partial charge < -0.3 is 10.2 Å². The van der Waals surface area contributed by atoms with E-state index in [1.165, 1.54) is 4.88 Å². The highest BCUT2D eigenvalue weighted by Gasteiger charge is 2.41. The zero-order valence-corrected chi connectivity index (χ0v) is 12.4. The third-order valence-corrected chi connectivity index (χ3v) is 5.01. The molecule has 1 saturated carbocycles. The van der Waals surface area contributed by atoms with Gasteiger partial charge in [0.25, 0.3) is 0 Å². The summed E-state index contributed by atoms with van der Waals surface area (Å²) >= 11 is 1.62. The average Bonchev–Trinajstić information content (AvgIpc) is 3.08. The Morgan fingerprint density at radius 1 is 1.55 bits per heavy atom. The molecule has 2 heterocycles. The van der Waals surface area contributed by atoms with Crippen LogP contribution < -0.4 is 5.32 Å². The maximum absolute atomic E-state index is 12.1. The van der Waals surface area contributed by atoms with E-state index in [-0.39, 0.29) is 17.7 Å². The minimum atomic E-state index is -0.161. The zero-order valence-electron chi connectivity index (χ0n) is 11.6. The second-order valence-electron chi connectivity index (χ2n) is 5.58. The predicted octanol–water partition coefficient (Wildman–Crippen LogP) is 1.12. The van der Waals surface area contributed by atoms with Gasteiger partial charge in [-0.2, -0.15) is 0 Å². The number of aryl methyl sites for hydroxylation is 1. The molecule has 6 heteroatoms. The second kappa shape index (κ2) is 5.52. The molecule has 1 aromatic rings. The molecule has 0 bridgehead atoms. The number of nitrogens with zero attached hydrogens (tertiary/aromatic N) is 2. The molecule has 1 saturated heterocycles. The monoisotopic (exact) mass is 293 g/mol. The predicted molar refractivity (Wildman–Crippen MR) is 76.4 cm³/mol. The standard InChI is InChI=1S/C14H19N3O2S/c1-9-12(20-8-16-9)4-5-15-14(19)10-6-13(18)17(7-10)11-2-3-11/h8,10-11H,2-7H2,1H3,(H,15,19)/t10-/m1/s1. The number of hydrogen-bond donors (Lipinski definition) is 1. The minimum absolute atomic E-state index is 0.0173. The van der Waals surface area contributed by atoms with Crippen LogP contribution in [0.2, 0.25) is 0 Å². The van der Waals surface area contributed by atoms with Gasteiger partial charge in [-0.25, -0.2) is 4.98 Å². The molecule has 2 fully saturated rings. The van der Waals surface area contributed by atoms with E-state index in [2.05, 4.69) is 10.3 Å². The Hall–Kier alpha value is -1.43. The van der Waals surface area contributed by atoms with E-state index in [0.717, 1.165) is 25.0 Å². The average molecular weight is 293 g/mol. The summed E-state index contributed by atoms with van der Waals surface area (Å²) in [6, 6.07) is 0.417. The van der Waals surface area contributed by atoms with Gasteiger partial charge in [0.1, 0.15) is 0 Å². The molecule has 1 aromatic heterocycles. The molecule has 0 unspecified atom stereocenters. The highest BCUT2D eigenvalue weighted by Crippen LogP contribution is 2.32. The summed E-state index contributed by atoms with van der Waals surface area (Å²) in [5, 5.41) is 2.95. The largest absolute Gasteiger partial charge is 0.355 e. The van der Waals surface area contributed by atoms with Crippen molar-refractivity contribution in [2.75, 3.05) is 13.1 Å². The fourth-order valence-electron chi connectivity index (χ4n) is 2.66. The van der Waals surface area contributed by atoms with Gasteiger partial charge >= 0.3 is 0 Å². The van der Waals surface area contributed by atoms with Crippen molar-refractivity contribution in [3.63, 3.8) is 0 Å². The third kappa shape index (κ3) is 2.85. The van der Waals surface area contributed by atoms with E-state index < -0.39 is 0 Å². The Labute approximate surface area is 122 Å². The van der Waals surface area contributed by atoms with Gasteiger partial charge in [0.15, 0.2) is 0 Å². The third-order valence-electron chi connectivity index (χ3n) is 4.01. The van der Waals surface area contributed by atoms with Crippen molar-refractivity contribution in [1.82, 2.24) is 15.2 Å². The van der Waals surface area contributed by atoms with Crippen molar-refractivity contribution in [3.05, 3.63) is 16.1 Å². The van der Waals surface area contributed by atoms with Crippen LogP contribution in [0.25, 0.3) is 0 Å². The fraction of sp³-hybridized carbons (Fsp3) is 0.643. The van der Waals surface area contributed by atoms with E-state index >= 15 is 0 Å². The molecule has 20 heavy (non-hydrogen) atoms. The maximum Gasteiger partial charge on any atom is 0.225 e. The van der Waals surface area contributed by atoms with Crippen LogP contribution in [0.4, 0.5) is 0 Å². The maximum atomic E-state index is 12.1. The first-order chi connectivity index (χ1) is 9.65. The molecular weight excluding hydrogens is 274 g/mol. The summed E-state index contributed by atoms with van der Waals surface area (Å²) in [4.78, 5) is 31.2. The van der Waals surface area contributed by atoms with E-state index in [1.807, 2.05) is 17.3 Å². The van der Waals surface area contributed by atoms with Crippen molar-refractivity contribution in [1.29, 1.82) is 0 Å². The normalized spacial score (nSPS) is 22.4. The molecule has 1 atom stereocenters. The molecule has 2 aliphatic rings. The molecular formula is C14H19N3O2S. The molecule has 0 spiro atoms. The van der Waals surface area contributed by atoms with Crippen LogP contribution in [0.5, 0.6) is 0 Å². The van der Waals surface area contributed by atoms with Gasteiger partial charge in [-0.3, -0.25) is 9.59 Å². The number of hydrogen-bond acceptors (Lipinski definition) is 4. The lowest BCUT2D eigenvalue weighted by molar-refractivity contribution is -0.129. The molecule has 3 rings (SSSR count). The van der Waals surface area contributed by atoms with E-state index in [0.29, 0.717) is 25.6 Å². The van der Waals surface area contributed by atoms with Gasteiger partial charge in [0.2, 0.25) is 11.8 Å². The van der Waals surface area contributed by atoms with Crippen LogP contribution in [0.1, 0.15) is 29.8 Å². The number of rotatable bonds is 5. The van der Waals surface area contributed by atoms with Crippen LogP contribution in [0.15, 0.2) is 5.51 Å². The number of likely N-dealkylation sites (tertiary alicyclic amines) is 1. The first kappa shape index (κ1) is 13.5. The SMILES string of the molecule is Cc1ncsc1CCNC(=O)[C@@H]1CC(=O)N(C2CC2)C1. The molecule has 1 aliphatic carbocycles. The summed E-state index contributed by atoms with van der Waals surface area (Å²) in [6.45, 7) is 3.21. The second-order valence-corrected chi connectivity index (χ2v) is 6.52. The summed E-state index contributed by atoms with van der Waals surface area (Å²) in [5.41, 5.74) is 2.87. The minimum Gasteiger partial charge on any atom is -0.355 e. The number of aromatic nitrogens is 1. The lowest BCUT2D eigenvalue weighted by Crippen LogP contribution is -2.34. The molecule has 1 aliphatic heterocycles. The molecule has 5 nitrogen and oxygen atoms in total. The lowest BCUT2D eigenvalue weighted by atomic mass is 10.1. The van der Waals surface area contributed by atoms with Gasteiger partial charge in [0, 0.05) is 36.9 Å². The highest BCUT2D eigenvalue weighted by atomic mass is 32.1. The Kier molecular flexibility index (Phi) is 3.74. The van der Waals surface area contributed by atoms with Gasteiger partial charge in [0.05, 0.1) is 17.1 Å². The zero-order chi connectivity index (χ0) is 14.1. The van der Waals surface area contributed by atoms with Crippen LogP contribution >= 0.6 is 11.3 Å². The summed E-state index contributed by atoms with van der Waals surface area (Å²) < 4.78 is 0. The quantitative estimate of drug-likeness (QED) is 0.885. The van der Waals surface area contributed by atoms with E-state index in [9.17, 15) is 9.59 Å². The van der Waals surface area contributed by atoms with Gasteiger partial charge in [-0.1, -0.05) is 0 Å². The Bertz CT molecular complexity index is 524. The molecule has 2 amide bonds. The van der Waals surface area contributed by atoms with E-state index in [4.69, 9.17) is 0 Å². The Balaban J connectivity index is 1.45. The molecule has 1 N–H and O–H groups in total. The summed E-state index contributed by atoms with van der Waals surface area (Å²) in [6.07, 6.45) is 3.40. The van der Waals surface area contributed by atoms with Crippen LogP contribution in [0, 0.1) is 12.8 Å².